The second kappa shape index (κ2) is 12.1. The third kappa shape index (κ3) is 5.87. The molecular formula is C30H31BrN2O3S2. The van der Waals surface area contributed by atoms with Crippen molar-refractivity contribution in [2.75, 3.05) is 11.9 Å². The summed E-state index contributed by atoms with van der Waals surface area (Å²) in [6.07, 6.45) is 7.27. The molecule has 1 amide bonds. The Balaban J connectivity index is 1.37. The molecule has 1 aliphatic carbocycles. The summed E-state index contributed by atoms with van der Waals surface area (Å²) >= 11 is 6.59. The summed E-state index contributed by atoms with van der Waals surface area (Å²) in [5.74, 6) is -0.444. The highest BCUT2D eigenvalue weighted by Crippen LogP contribution is 2.39. The number of para-hydroxylation sites is 1. The Morgan fingerprint density at radius 1 is 1.11 bits per heavy atom. The van der Waals surface area contributed by atoms with E-state index in [1.165, 1.54) is 10.4 Å². The smallest absolute Gasteiger partial charge is 0.341 e. The van der Waals surface area contributed by atoms with E-state index >= 15 is 0 Å². The molecular weight excluding hydrogens is 580 g/mol. The van der Waals surface area contributed by atoms with E-state index < -0.39 is 0 Å². The maximum atomic E-state index is 13.4. The summed E-state index contributed by atoms with van der Waals surface area (Å²) < 4.78 is 8.68. The van der Waals surface area contributed by atoms with Crippen LogP contribution in [0.4, 0.5) is 5.00 Å². The molecule has 1 aliphatic rings. The van der Waals surface area contributed by atoms with Crippen molar-refractivity contribution >= 4 is 66.8 Å². The molecule has 8 heteroatoms. The van der Waals surface area contributed by atoms with E-state index in [1.807, 2.05) is 26.0 Å². The number of aryl methyl sites for hydroxylation is 1. The van der Waals surface area contributed by atoms with Crippen LogP contribution in [0.25, 0.3) is 10.9 Å². The minimum atomic E-state index is -0.348. The maximum absolute atomic E-state index is 13.4. The molecule has 198 valence electrons. The van der Waals surface area contributed by atoms with Gasteiger partial charge in [0.2, 0.25) is 5.91 Å². The van der Waals surface area contributed by atoms with Crippen molar-refractivity contribution < 1.29 is 14.3 Å². The van der Waals surface area contributed by atoms with E-state index in [0.717, 1.165) is 64.5 Å². The third-order valence-corrected chi connectivity index (χ3v) is 9.71. The van der Waals surface area contributed by atoms with Crippen LogP contribution in [-0.4, -0.2) is 28.3 Å². The van der Waals surface area contributed by atoms with E-state index in [1.54, 1.807) is 23.1 Å². The number of ether oxygens (including phenoxy) is 1. The Hall–Kier alpha value is -2.55. The number of nitrogens with one attached hydrogen (secondary N) is 1. The Bertz CT molecular complexity index is 1460. The van der Waals surface area contributed by atoms with E-state index in [4.69, 9.17) is 4.74 Å². The number of nitrogens with zero attached hydrogens (tertiary/aromatic N) is 1. The fourth-order valence-electron chi connectivity index (χ4n) is 4.93. The van der Waals surface area contributed by atoms with Gasteiger partial charge in [0.25, 0.3) is 0 Å². The fraction of sp³-hybridized carbons (Fsp3) is 0.333. The number of hydrogen-bond donors (Lipinski definition) is 1. The van der Waals surface area contributed by atoms with Crippen molar-refractivity contribution in [3.63, 3.8) is 0 Å². The summed E-state index contributed by atoms with van der Waals surface area (Å²) in [6.45, 7) is 4.79. The molecule has 5 rings (SSSR count). The predicted octanol–water partition coefficient (Wildman–Crippen LogP) is 8.08. The zero-order valence-corrected chi connectivity index (χ0v) is 24.8. The van der Waals surface area contributed by atoms with Gasteiger partial charge in [-0.15, -0.1) is 23.1 Å². The highest BCUT2D eigenvalue weighted by molar-refractivity contribution is 9.10. The van der Waals surface area contributed by atoms with Gasteiger partial charge < -0.3 is 14.6 Å². The van der Waals surface area contributed by atoms with Crippen LogP contribution in [0.2, 0.25) is 0 Å². The van der Waals surface area contributed by atoms with Crippen LogP contribution in [0.5, 0.6) is 0 Å². The number of amides is 1. The molecule has 1 unspecified atom stereocenters. The molecule has 1 N–H and O–H groups in total. The van der Waals surface area contributed by atoms with Gasteiger partial charge in [-0.25, -0.2) is 4.79 Å². The van der Waals surface area contributed by atoms with Crippen molar-refractivity contribution in [2.45, 2.75) is 62.6 Å². The molecule has 2 heterocycles. The minimum Gasteiger partial charge on any atom is -0.462 e. The second-order valence-electron chi connectivity index (χ2n) is 9.50. The van der Waals surface area contributed by atoms with Gasteiger partial charge in [0.05, 0.1) is 17.4 Å². The number of thioether (sulfide) groups is 1. The number of thiophene rings is 1. The SMILES string of the molecule is CCOC(=O)c1c(NC(=O)C(C)Sc2cn(Cc3ccc(Br)cc3)c3ccccc23)sc2c1CCCCC2. The molecule has 0 fully saturated rings. The number of halogens is 1. The zero-order chi connectivity index (χ0) is 26.6. The van der Waals surface area contributed by atoms with Gasteiger partial charge in [0.1, 0.15) is 5.00 Å². The van der Waals surface area contributed by atoms with Gasteiger partial charge in [-0.1, -0.05) is 52.7 Å². The first-order chi connectivity index (χ1) is 18.4. The number of fused-ring (bicyclic) bond motifs is 2. The lowest BCUT2D eigenvalue weighted by Gasteiger charge is -2.12. The molecule has 38 heavy (non-hydrogen) atoms. The number of aromatic nitrogens is 1. The summed E-state index contributed by atoms with van der Waals surface area (Å²) in [6, 6.07) is 16.6. The fourth-order valence-corrected chi connectivity index (χ4v) is 7.51. The Morgan fingerprint density at radius 3 is 2.66 bits per heavy atom. The summed E-state index contributed by atoms with van der Waals surface area (Å²) in [4.78, 5) is 28.6. The van der Waals surface area contributed by atoms with Crippen molar-refractivity contribution in [1.29, 1.82) is 0 Å². The van der Waals surface area contributed by atoms with Crippen LogP contribution in [0.3, 0.4) is 0 Å². The normalized spacial score (nSPS) is 14.1. The molecule has 1 atom stereocenters. The average molecular weight is 612 g/mol. The first-order valence-corrected chi connectivity index (χ1v) is 15.5. The van der Waals surface area contributed by atoms with Crippen LogP contribution in [0.1, 0.15) is 59.5 Å². The first kappa shape index (κ1) is 27.0. The third-order valence-electron chi connectivity index (χ3n) is 6.83. The van der Waals surface area contributed by atoms with Gasteiger partial charge in [0, 0.05) is 37.9 Å². The molecule has 0 spiro atoms. The van der Waals surface area contributed by atoms with Crippen molar-refractivity contribution in [1.82, 2.24) is 4.57 Å². The summed E-state index contributed by atoms with van der Waals surface area (Å²) in [5, 5.41) is 4.50. The number of rotatable bonds is 8. The zero-order valence-electron chi connectivity index (χ0n) is 21.6. The Kier molecular flexibility index (Phi) is 8.61. The first-order valence-electron chi connectivity index (χ1n) is 13.1. The van der Waals surface area contributed by atoms with Crippen molar-refractivity contribution in [3.05, 3.63) is 80.8 Å². The van der Waals surface area contributed by atoms with Crippen LogP contribution < -0.4 is 5.32 Å². The predicted molar refractivity (Wildman–Crippen MR) is 161 cm³/mol. The number of carbonyl (C=O) groups excluding carboxylic acids is 2. The second-order valence-corrected chi connectivity index (χ2v) is 12.9. The van der Waals surface area contributed by atoms with Crippen molar-refractivity contribution in [2.24, 2.45) is 0 Å². The van der Waals surface area contributed by atoms with Gasteiger partial charge in [-0.05, 0) is 68.9 Å². The topological polar surface area (TPSA) is 60.3 Å². The number of carbonyl (C=O) groups is 2. The average Bonchev–Trinajstić information content (AvgIpc) is 3.33. The largest absolute Gasteiger partial charge is 0.462 e. The standard InChI is InChI=1S/C30H31BrN2O3S2/c1-3-36-30(35)27-23-10-5-4-6-12-25(23)38-29(27)32-28(34)19(2)37-26-18-33(24-11-8-7-9-22(24)26)17-20-13-15-21(31)16-14-20/h7-9,11,13-16,18-19H,3-6,10,12,17H2,1-2H3,(H,32,34). The lowest BCUT2D eigenvalue weighted by atomic mass is 10.1. The molecule has 0 saturated heterocycles. The van der Waals surface area contributed by atoms with Crippen LogP contribution in [0.15, 0.2) is 64.1 Å². The molecule has 5 nitrogen and oxygen atoms in total. The number of hydrogen-bond acceptors (Lipinski definition) is 5. The number of benzene rings is 2. The molecule has 2 aromatic carbocycles. The molecule has 2 aromatic heterocycles. The van der Waals surface area contributed by atoms with Gasteiger partial charge >= 0.3 is 5.97 Å². The van der Waals surface area contributed by atoms with E-state index in [9.17, 15) is 9.59 Å². The molecule has 0 radical (unpaired) electrons. The molecule has 0 saturated carbocycles. The molecule has 0 aliphatic heterocycles. The van der Waals surface area contributed by atoms with Gasteiger partial charge in [-0.2, -0.15) is 0 Å². The lowest BCUT2D eigenvalue weighted by molar-refractivity contribution is -0.115. The molecule has 4 aromatic rings. The summed E-state index contributed by atoms with van der Waals surface area (Å²) in [7, 11) is 0. The van der Waals surface area contributed by atoms with Crippen LogP contribution in [-0.2, 0) is 28.9 Å². The molecule has 0 bridgehead atoms. The van der Waals surface area contributed by atoms with Gasteiger partial charge in [-0.3, -0.25) is 4.79 Å². The number of esters is 1. The Labute approximate surface area is 240 Å². The van der Waals surface area contributed by atoms with Crippen LogP contribution in [0, 0.1) is 0 Å². The quantitative estimate of drug-likeness (QED) is 0.124. The maximum Gasteiger partial charge on any atom is 0.341 e. The monoisotopic (exact) mass is 610 g/mol. The highest BCUT2D eigenvalue weighted by Gasteiger charge is 2.28. The van der Waals surface area contributed by atoms with Crippen molar-refractivity contribution in [3.8, 4) is 0 Å². The van der Waals surface area contributed by atoms with E-state index in [-0.39, 0.29) is 17.1 Å². The number of anilines is 1. The highest BCUT2D eigenvalue weighted by atomic mass is 79.9. The minimum absolute atomic E-state index is 0.110. The van der Waals surface area contributed by atoms with E-state index in [0.29, 0.717) is 17.2 Å². The Morgan fingerprint density at radius 2 is 1.87 bits per heavy atom. The van der Waals surface area contributed by atoms with Gasteiger partial charge in [0.15, 0.2) is 0 Å². The van der Waals surface area contributed by atoms with Crippen LogP contribution >= 0.6 is 39.0 Å². The van der Waals surface area contributed by atoms with E-state index in [2.05, 4.69) is 68.4 Å². The summed E-state index contributed by atoms with van der Waals surface area (Å²) in [5.41, 5.74) is 3.97. The lowest BCUT2D eigenvalue weighted by Crippen LogP contribution is -2.23.